The van der Waals surface area contributed by atoms with Crippen molar-refractivity contribution in [2.45, 2.75) is 25.6 Å². The molecule has 1 saturated heterocycles. The Morgan fingerprint density at radius 1 is 1.55 bits per heavy atom. The van der Waals surface area contributed by atoms with Gasteiger partial charge in [0.2, 0.25) is 0 Å². The van der Waals surface area contributed by atoms with E-state index in [0.717, 1.165) is 19.4 Å². The summed E-state index contributed by atoms with van der Waals surface area (Å²) in [4.78, 5) is 0. The highest BCUT2D eigenvalue weighted by atomic mass is 35.5. The van der Waals surface area contributed by atoms with Crippen molar-refractivity contribution in [1.29, 1.82) is 0 Å². The van der Waals surface area contributed by atoms with E-state index >= 15 is 0 Å². The second kappa shape index (κ2) is 5.42. The molecule has 1 aliphatic heterocycles. The third kappa shape index (κ3) is 3.62. The zero-order valence-electron chi connectivity index (χ0n) is 6.31. The highest BCUT2D eigenvalue weighted by Gasteiger charge is 2.12. The Morgan fingerprint density at radius 2 is 2.45 bits per heavy atom. The molecule has 1 aliphatic rings. The maximum atomic E-state index is 5.29. The Morgan fingerprint density at radius 3 is 3.09 bits per heavy atom. The molecule has 11 heavy (non-hydrogen) atoms. The van der Waals surface area contributed by atoms with Gasteiger partial charge in [0.05, 0.1) is 0 Å². The summed E-state index contributed by atoms with van der Waals surface area (Å²) >= 11 is 5.14. The Labute approximate surface area is 71.8 Å². The molecule has 0 aromatic carbocycles. The fourth-order valence-corrected chi connectivity index (χ4v) is 1.06. The monoisotopic (exact) mass is 174 g/mol. The molecular weight excluding hydrogens is 164 g/mol. The molecule has 0 radical (unpaired) electrons. The van der Waals surface area contributed by atoms with Gasteiger partial charge < -0.3 is 9.47 Å². The molecule has 2 nitrogen and oxygen atoms in total. The first-order chi connectivity index (χ1) is 5.43. The van der Waals surface area contributed by atoms with Gasteiger partial charge in [0, 0.05) is 12.0 Å². The third-order valence-corrected chi connectivity index (χ3v) is 1.68. The van der Waals surface area contributed by atoms with Crippen molar-refractivity contribution in [1.82, 2.24) is 0 Å². The summed E-state index contributed by atoms with van der Waals surface area (Å²) in [6, 6.07) is 0. The van der Waals surface area contributed by atoms with Crippen LogP contribution >= 0.6 is 11.6 Å². The lowest BCUT2D eigenvalue weighted by atomic mass is 10.2. The number of hydrogen-bond donors (Lipinski definition) is 0. The summed E-state index contributed by atoms with van der Waals surface area (Å²) in [6.07, 6.45) is 3.24. The minimum absolute atomic E-state index is 0.0544. The first-order valence-electron chi connectivity index (χ1n) is 3.75. The molecule has 1 atom stereocenters. The van der Waals surface area contributed by atoms with Crippen LogP contribution in [0.2, 0.25) is 0 Å². The fourth-order valence-electron chi connectivity index (χ4n) is 1.00. The first kappa shape index (κ1) is 8.86. The lowest BCUT2D eigenvalue weighted by Gasteiger charge is -2.21. The van der Waals surface area contributed by atoms with Gasteiger partial charge in [-0.1, -0.05) is 5.92 Å². The van der Waals surface area contributed by atoms with Gasteiger partial charge in [0.1, 0.15) is 6.61 Å². The van der Waals surface area contributed by atoms with Crippen LogP contribution < -0.4 is 0 Å². The smallest absolute Gasteiger partial charge is 0.158 e. The molecule has 62 valence electrons. The maximum Gasteiger partial charge on any atom is 0.158 e. The SMILES string of the molecule is ClC#CCOC1CCCCO1. The number of halogens is 1. The highest BCUT2D eigenvalue weighted by molar-refractivity contribution is 6.30. The zero-order chi connectivity index (χ0) is 7.94. The van der Waals surface area contributed by atoms with Crippen LogP contribution in [0.1, 0.15) is 19.3 Å². The summed E-state index contributed by atoms with van der Waals surface area (Å²) in [5, 5.41) is 2.25. The Balaban J connectivity index is 2.08. The van der Waals surface area contributed by atoms with Crippen LogP contribution in [0.5, 0.6) is 0 Å². The van der Waals surface area contributed by atoms with Crippen molar-refractivity contribution in [3.63, 3.8) is 0 Å². The van der Waals surface area contributed by atoms with Crippen LogP contribution in [0.3, 0.4) is 0 Å². The average Bonchev–Trinajstić information content (AvgIpc) is 2.07. The van der Waals surface area contributed by atoms with E-state index in [1.54, 1.807) is 0 Å². The lowest BCUT2D eigenvalue weighted by Crippen LogP contribution is -2.22. The second-order valence-electron chi connectivity index (χ2n) is 2.38. The van der Waals surface area contributed by atoms with Gasteiger partial charge in [-0.15, -0.1) is 0 Å². The van der Waals surface area contributed by atoms with Crippen LogP contribution in [-0.2, 0) is 9.47 Å². The van der Waals surface area contributed by atoms with Crippen LogP contribution in [-0.4, -0.2) is 19.5 Å². The van der Waals surface area contributed by atoms with E-state index in [2.05, 4.69) is 11.3 Å². The fraction of sp³-hybridized carbons (Fsp3) is 0.750. The van der Waals surface area contributed by atoms with Gasteiger partial charge in [0.25, 0.3) is 0 Å². The van der Waals surface area contributed by atoms with Gasteiger partial charge in [-0.3, -0.25) is 0 Å². The Hall–Kier alpha value is -0.230. The molecule has 1 fully saturated rings. The van der Waals surface area contributed by atoms with Crippen molar-refractivity contribution < 1.29 is 9.47 Å². The molecule has 1 rings (SSSR count). The second-order valence-corrected chi connectivity index (χ2v) is 2.57. The highest BCUT2D eigenvalue weighted by Crippen LogP contribution is 2.12. The zero-order valence-corrected chi connectivity index (χ0v) is 7.06. The summed E-state index contributed by atoms with van der Waals surface area (Å²) in [7, 11) is 0. The minimum atomic E-state index is -0.0544. The topological polar surface area (TPSA) is 18.5 Å². The largest absolute Gasteiger partial charge is 0.353 e. The van der Waals surface area contributed by atoms with Gasteiger partial charge >= 0.3 is 0 Å². The van der Waals surface area contributed by atoms with Crippen LogP contribution in [0.4, 0.5) is 0 Å². The Kier molecular flexibility index (Phi) is 4.37. The number of hydrogen-bond acceptors (Lipinski definition) is 2. The Bertz CT molecular complexity index is 153. The average molecular weight is 175 g/mol. The van der Waals surface area contributed by atoms with Crippen molar-refractivity contribution >= 4 is 11.6 Å². The molecule has 0 saturated carbocycles. The van der Waals surface area contributed by atoms with E-state index in [9.17, 15) is 0 Å². The number of ether oxygens (including phenoxy) is 2. The normalized spacial score (nSPS) is 23.9. The van der Waals surface area contributed by atoms with Crippen molar-refractivity contribution in [2.75, 3.05) is 13.2 Å². The van der Waals surface area contributed by atoms with E-state index in [1.165, 1.54) is 6.42 Å². The predicted molar refractivity (Wildman–Crippen MR) is 43.2 cm³/mol. The summed E-state index contributed by atoms with van der Waals surface area (Å²) in [5.41, 5.74) is 0. The van der Waals surface area contributed by atoms with E-state index in [1.807, 2.05) is 0 Å². The molecule has 0 aliphatic carbocycles. The maximum absolute atomic E-state index is 5.29. The van der Waals surface area contributed by atoms with Gasteiger partial charge in [-0.05, 0) is 30.9 Å². The van der Waals surface area contributed by atoms with E-state index in [-0.39, 0.29) is 6.29 Å². The van der Waals surface area contributed by atoms with Crippen LogP contribution in [0, 0.1) is 11.3 Å². The molecule has 1 unspecified atom stereocenters. The number of rotatable bonds is 2. The summed E-state index contributed by atoms with van der Waals surface area (Å²) in [6.45, 7) is 1.17. The standard InChI is InChI=1S/C8H11ClO2/c9-5-3-7-11-8-4-1-2-6-10-8/h8H,1-2,4,6-7H2. The molecule has 0 aromatic heterocycles. The molecular formula is C8H11ClO2. The molecule has 3 heteroatoms. The van der Waals surface area contributed by atoms with Crippen molar-refractivity contribution in [3.05, 3.63) is 0 Å². The van der Waals surface area contributed by atoms with Crippen molar-refractivity contribution in [3.8, 4) is 11.3 Å². The first-order valence-corrected chi connectivity index (χ1v) is 4.13. The minimum Gasteiger partial charge on any atom is -0.353 e. The summed E-state index contributed by atoms with van der Waals surface area (Å²) < 4.78 is 10.5. The molecule has 0 aromatic rings. The van der Waals surface area contributed by atoms with Gasteiger partial charge in [0.15, 0.2) is 6.29 Å². The van der Waals surface area contributed by atoms with Crippen molar-refractivity contribution in [2.24, 2.45) is 0 Å². The van der Waals surface area contributed by atoms with Gasteiger partial charge in [-0.25, -0.2) is 0 Å². The molecule has 0 bridgehead atoms. The van der Waals surface area contributed by atoms with Crippen LogP contribution in [0.15, 0.2) is 0 Å². The quantitative estimate of drug-likeness (QED) is 0.594. The predicted octanol–water partition coefficient (Wildman–Crippen LogP) is 1.73. The molecule has 1 heterocycles. The molecule has 0 amide bonds. The van der Waals surface area contributed by atoms with E-state index < -0.39 is 0 Å². The van der Waals surface area contributed by atoms with Gasteiger partial charge in [-0.2, -0.15) is 0 Å². The van der Waals surface area contributed by atoms with E-state index in [4.69, 9.17) is 21.1 Å². The van der Waals surface area contributed by atoms with Crippen LogP contribution in [0.25, 0.3) is 0 Å². The summed E-state index contributed by atoms with van der Waals surface area (Å²) in [5.74, 6) is 2.61. The third-order valence-electron chi connectivity index (χ3n) is 1.55. The lowest BCUT2D eigenvalue weighted by molar-refractivity contribution is -0.154. The van der Waals surface area contributed by atoms with E-state index in [0.29, 0.717) is 6.61 Å². The molecule has 0 N–H and O–H groups in total. The molecule has 0 spiro atoms.